The van der Waals surface area contributed by atoms with Gasteiger partial charge in [-0.3, -0.25) is 0 Å². The van der Waals surface area contributed by atoms with Gasteiger partial charge in [0.1, 0.15) is 5.69 Å². The number of nitrogens with zero attached hydrogens (tertiary/aromatic N) is 1. The van der Waals surface area contributed by atoms with Gasteiger partial charge in [-0.15, -0.1) is 0 Å². The van der Waals surface area contributed by atoms with E-state index in [4.69, 9.17) is 21.9 Å². The molecule has 0 aliphatic heterocycles. The minimum Gasteiger partial charge on any atom is -0.367 e. The van der Waals surface area contributed by atoms with E-state index in [-0.39, 0.29) is 0 Å². The number of hydrogen-bond donors (Lipinski definition) is 1. The second-order valence-electron chi connectivity index (χ2n) is 3.79. The first-order valence-electron chi connectivity index (χ1n) is 5.29. The molecule has 2 N–H and O–H groups in total. The number of aromatic nitrogens is 1. The average Bonchev–Trinajstić information content (AvgIpc) is 2.99. The van der Waals surface area contributed by atoms with Gasteiger partial charge in [0.25, 0.3) is 0 Å². The van der Waals surface area contributed by atoms with Crippen LogP contribution in [0.2, 0.25) is 5.02 Å². The highest BCUT2D eigenvalue weighted by Crippen LogP contribution is 2.37. The van der Waals surface area contributed by atoms with Crippen molar-refractivity contribution in [3.8, 4) is 22.4 Å². The zero-order chi connectivity index (χ0) is 12.5. The Kier molecular flexibility index (Phi) is 2.81. The molecule has 3 nitrogen and oxygen atoms in total. The Bertz CT molecular complexity index is 659. The lowest BCUT2D eigenvalue weighted by Crippen LogP contribution is -1.86. The maximum absolute atomic E-state index is 5.88. The number of anilines is 1. The molecule has 0 radical (unpaired) electrons. The van der Waals surface area contributed by atoms with Crippen LogP contribution >= 0.6 is 22.9 Å². The number of benzene rings is 1. The molecule has 0 atom stereocenters. The molecule has 0 spiro atoms. The summed E-state index contributed by atoms with van der Waals surface area (Å²) < 4.78 is 5.10. The fourth-order valence-corrected chi connectivity index (χ4v) is 2.56. The van der Waals surface area contributed by atoms with Gasteiger partial charge in [-0.25, -0.2) is 0 Å². The Morgan fingerprint density at radius 1 is 1.11 bits per heavy atom. The predicted molar refractivity (Wildman–Crippen MR) is 74.7 cm³/mol. The molecule has 0 aliphatic rings. The van der Waals surface area contributed by atoms with E-state index < -0.39 is 0 Å². The number of thiophene rings is 1. The molecular weight excluding hydrogens is 268 g/mol. The summed E-state index contributed by atoms with van der Waals surface area (Å²) in [5, 5.41) is 8.72. The quantitative estimate of drug-likeness (QED) is 0.759. The van der Waals surface area contributed by atoms with Crippen molar-refractivity contribution in [3.05, 3.63) is 46.1 Å². The second-order valence-corrected chi connectivity index (χ2v) is 5.01. The van der Waals surface area contributed by atoms with Crippen LogP contribution in [-0.4, -0.2) is 5.16 Å². The van der Waals surface area contributed by atoms with Crippen molar-refractivity contribution >= 4 is 28.8 Å². The van der Waals surface area contributed by atoms with Gasteiger partial charge >= 0.3 is 0 Å². The number of nitrogens with two attached hydrogens (primary N) is 1. The van der Waals surface area contributed by atoms with Crippen molar-refractivity contribution in [3.63, 3.8) is 0 Å². The normalized spacial score (nSPS) is 10.7. The van der Waals surface area contributed by atoms with Crippen LogP contribution in [0.15, 0.2) is 45.6 Å². The van der Waals surface area contributed by atoms with E-state index in [0.29, 0.717) is 10.9 Å². The molecule has 0 unspecified atom stereocenters. The minimum absolute atomic E-state index is 0.318. The molecule has 5 heteroatoms. The van der Waals surface area contributed by atoms with E-state index in [1.807, 2.05) is 41.1 Å². The van der Waals surface area contributed by atoms with Crippen LogP contribution in [0, 0.1) is 0 Å². The Morgan fingerprint density at radius 3 is 2.56 bits per heavy atom. The molecule has 3 rings (SSSR count). The highest BCUT2D eigenvalue weighted by molar-refractivity contribution is 7.08. The first kappa shape index (κ1) is 11.3. The third-order valence-electron chi connectivity index (χ3n) is 2.65. The van der Waals surface area contributed by atoms with Crippen molar-refractivity contribution in [1.29, 1.82) is 0 Å². The maximum atomic E-state index is 5.88. The number of halogens is 1. The van der Waals surface area contributed by atoms with Crippen LogP contribution in [0.1, 0.15) is 0 Å². The SMILES string of the molecule is Nc1onc(-c2ccsc2)c1-c1ccc(Cl)cc1. The lowest BCUT2D eigenvalue weighted by molar-refractivity contribution is 0.439. The summed E-state index contributed by atoms with van der Waals surface area (Å²) in [5.41, 5.74) is 9.38. The van der Waals surface area contributed by atoms with Crippen LogP contribution in [0.25, 0.3) is 22.4 Å². The Hall–Kier alpha value is -1.78. The van der Waals surface area contributed by atoms with Gasteiger partial charge in [0.15, 0.2) is 0 Å². The molecule has 2 heterocycles. The van der Waals surface area contributed by atoms with Crippen molar-refractivity contribution in [2.75, 3.05) is 5.73 Å². The van der Waals surface area contributed by atoms with Crippen LogP contribution in [0.3, 0.4) is 0 Å². The van der Waals surface area contributed by atoms with Crippen LogP contribution < -0.4 is 5.73 Å². The molecule has 0 fully saturated rings. The third-order valence-corrected chi connectivity index (χ3v) is 3.58. The first-order valence-corrected chi connectivity index (χ1v) is 6.61. The van der Waals surface area contributed by atoms with Gasteiger partial charge in [0, 0.05) is 16.0 Å². The molecule has 18 heavy (non-hydrogen) atoms. The van der Waals surface area contributed by atoms with Crippen molar-refractivity contribution in [1.82, 2.24) is 5.16 Å². The second kappa shape index (κ2) is 4.48. The molecule has 0 saturated carbocycles. The van der Waals surface area contributed by atoms with Gasteiger partial charge < -0.3 is 10.3 Å². The molecule has 1 aromatic carbocycles. The van der Waals surface area contributed by atoms with E-state index in [1.54, 1.807) is 11.3 Å². The van der Waals surface area contributed by atoms with Gasteiger partial charge in [0.05, 0.1) is 5.56 Å². The summed E-state index contributed by atoms with van der Waals surface area (Å²) in [6.45, 7) is 0. The van der Waals surface area contributed by atoms with E-state index in [0.717, 1.165) is 22.4 Å². The van der Waals surface area contributed by atoms with Crippen LogP contribution in [0.5, 0.6) is 0 Å². The summed E-state index contributed by atoms with van der Waals surface area (Å²) >= 11 is 7.49. The van der Waals surface area contributed by atoms with Crippen LogP contribution in [-0.2, 0) is 0 Å². The summed E-state index contributed by atoms with van der Waals surface area (Å²) in [6.07, 6.45) is 0. The van der Waals surface area contributed by atoms with Crippen molar-refractivity contribution in [2.24, 2.45) is 0 Å². The fourth-order valence-electron chi connectivity index (χ4n) is 1.79. The summed E-state index contributed by atoms with van der Waals surface area (Å²) in [7, 11) is 0. The summed E-state index contributed by atoms with van der Waals surface area (Å²) in [5.74, 6) is 0.318. The van der Waals surface area contributed by atoms with Crippen molar-refractivity contribution in [2.45, 2.75) is 0 Å². The third kappa shape index (κ3) is 1.89. The van der Waals surface area contributed by atoms with E-state index in [1.165, 1.54) is 0 Å². The van der Waals surface area contributed by atoms with Gasteiger partial charge in [-0.2, -0.15) is 11.3 Å². The molecule has 3 aromatic rings. The van der Waals surface area contributed by atoms with Crippen molar-refractivity contribution < 1.29 is 4.52 Å². The average molecular weight is 277 g/mol. The summed E-state index contributed by atoms with van der Waals surface area (Å²) in [6, 6.07) is 9.44. The van der Waals surface area contributed by atoms with Crippen LogP contribution in [0.4, 0.5) is 5.88 Å². The largest absolute Gasteiger partial charge is 0.367 e. The molecule has 0 aliphatic carbocycles. The summed E-state index contributed by atoms with van der Waals surface area (Å²) in [4.78, 5) is 0. The Labute approximate surface area is 113 Å². The van der Waals surface area contributed by atoms with Gasteiger partial charge in [-0.05, 0) is 29.1 Å². The van der Waals surface area contributed by atoms with E-state index in [2.05, 4.69) is 5.16 Å². The number of hydrogen-bond acceptors (Lipinski definition) is 4. The van der Waals surface area contributed by atoms with Gasteiger partial charge in [-0.1, -0.05) is 28.9 Å². The monoisotopic (exact) mass is 276 g/mol. The highest BCUT2D eigenvalue weighted by Gasteiger charge is 2.17. The van der Waals surface area contributed by atoms with E-state index >= 15 is 0 Å². The molecule has 0 saturated heterocycles. The zero-order valence-electron chi connectivity index (χ0n) is 9.26. The minimum atomic E-state index is 0.318. The fraction of sp³-hybridized carbons (Fsp3) is 0. The topological polar surface area (TPSA) is 52.0 Å². The molecule has 0 amide bonds. The number of nitrogen functional groups attached to an aromatic ring is 1. The number of rotatable bonds is 2. The molecule has 2 aromatic heterocycles. The predicted octanol–water partition coefficient (Wildman–Crippen LogP) is 4.31. The lowest BCUT2D eigenvalue weighted by atomic mass is 10.0. The standard InChI is InChI=1S/C13H9ClN2OS/c14-10-3-1-8(2-4-10)11-12(16-17-13(11)15)9-5-6-18-7-9/h1-7H,15H2. The molecule has 0 bridgehead atoms. The molecule has 90 valence electrons. The van der Waals surface area contributed by atoms with E-state index in [9.17, 15) is 0 Å². The lowest BCUT2D eigenvalue weighted by Gasteiger charge is -2.01. The Balaban J connectivity index is 2.17. The Morgan fingerprint density at radius 2 is 1.89 bits per heavy atom. The molecular formula is C13H9ClN2OS. The first-order chi connectivity index (χ1) is 8.75. The highest BCUT2D eigenvalue weighted by atomic mass is 35.5. The maximum Gasteiger partial charge on any atom is 0.230 e. The smallest absolute Gasteiger partial charge is 0.230 e. The van der Waals surface area contributed by atoms with Gasteiger partial charge in [0.2, 0.25) is 5.88 Å². The zero-order valence-corrected chi connectivity index (χ0v) is 10.8.